The minimum atomic E-state index is -0.305. The van der Waals surface area contributed by atoms with Crippen LogP contribution in [-0.2, 0) is 13.1 Å². The Morgan fingerprint density at radius 1 is 0.825 bits per heavy atom. The highest BCUT2D eigenvalue weighted by atomic mass is 35.5. The van der Waals surface area contributed by atoms with Gasteiger partial charge in [0.1, 0.15) is 0 Å². The molecule has 2 atom stereocenters. The van der Waals surface area contributed by atoms with E-state index < -0.39 is 0 Å². The number of carbonyl (C=O) groups excluding carboxylic acids is 1. The van der Waals surface area contributed by atoms with E-state index in [1.54, 1.807) is 23.1 Å². The zero-order chi connectivity index (χ0) is 27.8. The zero-order valence-corrected chi connectivity index (χ0v) is 23.9. The first-order valence-corrected chi connectivity index (χ1v) is 14.4. The summed E-state index contributed by atoms with van der Waals surface area (Å²) in [4.78, 5) is 17.4. The van der Waals surface area contributed by atoms with Crippen molar-refractivity contribution >= 4 is 52.2 Å². The molecule has 1 fully saturated rings. The van der Waals surface area contributed by atoms with E-state index >= 15 is 0 Å². The molecule has 4 aromatic rings. The summed E-state index contributed by atoms with van der Waals surface area (Å²) in [5, 5.41) is 14.8. The van der Waals surface area contributed by atoms with Crippen LogP contribution in [0.4, 0.5) is 16.2 Å². The van der Waals surface area contributed by atoms with Crippen LogP contribution in [0.5, 0.6) is 0 Å². The van der Waals surface area contributed by atoms with Gasteiger partial charge in [0.25, 0.3) is 0 Å². The van der Waals surface area contributed by atoms with Crippen LogP contribution in [0.25, 0.3) is 11.1 Å². The molecular formula is C32H28Cl3N3O2. The molecule has 2 aliphatic rings. The van der Waals surface area contributed by atoms with E-state index in [4.69, 9.17) is 34.8 Å². The van der Waals surface area contributed by atoms with Gasteiger partial charge in [-0.3, -0.25) is 9.80 Å². The Labute approximate surface area is 248 Å². The highest BCUT2D eigenvalue weighted by molar-refractivity contribution is 6.40. The number of benzene rings is 4. The van der Waals surface area contributed by atoms with Crippen molar-refractivity contribution in [3.8, 4) is 11.1 Å². The Morgan fingerprint density at radius 3 is 2.25 bits per heavy atom. The van der Waals surface area contributed by atoms with Gasteiger partial charge in [-0.25, -0.2) is 4.79 Å². The number of nitrogens with one attached hydrogen (secondary N) is 1. The Kier molecular flexibility index (Phi) is 7.76. The smallest absolute Gasteiger partial charge is 0.326 e. The van der Waals surface area contributed by atoms with Gasteiger partial charge in [0.2, 0.25) is 0 Å². The quantitative estimate of drug-likeness (QED) is 0.239. The number of carbonyl (C=O) groups is 1. The van der Waals surface area contributed by atoms with E-state index in [1.807, 2.05) is 42.5 Å². The molecule has 40 heavy (non-hydrogen) atoms. The van der Waals surface area contributed by atoms with Crippen LogP contribution in [0.2, 0.25) is 15.1 Å². The lowest BCUT2D eigenvalue weighted by atomic mass is 9.85. The second-order valence-corrected chi connectivity index (χ2v) is 11.6. The van der Waals surface area contributed by atoms with E-state index in [0.717, 1.165) is 41.9 Å². The summed E-state index contributed by atoms with van der Waals surface area (Å²) in [6.45, 7) is 2.76. The molecule has 1 saturated heterocycles. The summed E-state index contributed by atoms with van der Waals surface area (Å²) in [6, 6.07) is 27.2. The fourth-order valence-electron chi connectivity index (χ4n) is 5.97. The Hall–Kier alpha value is -3.06. The molecular weight excluding hydrogens is 565 g/mol. The molecule has 0 aliphatic carbocycles. The fraction of sp³-hybridized carbons (Fsp3) is 0.219. The number of aliphatic hydroxyl groups excluding tert-OH is 1. The molecule has 5 nitrogen and oxygen atoms in total. The highest BCUT2D eigenvalue weighted by Gasteiger charge is 2.37. The first-order valence-electron chi connectivity index (χ1n) is 13.3. The minimum Gasteiger partial charge on any atom is -0.396 e. The lowest BCUT2D eigenvalue weighted by molar-refractivity contribution is 0.214. The van der Waals surface area contributed by atoms with E-state index in [2.05, 4.69) is 34.5 Å². The standard InChI is InChI=1S/C32H28Cl3N3O2/c33-27-10-5-4-9-23(27)24-13-21(26-18-37(17-22(26)19-39)16-20-7-2-1-3-8-20)14-30-25(24)15-36-32(40)38(30)31-28(34)11-6-12-29(31)35/h1-14,22,26,39H,15-19H2,(H,36,40)/t22-,26?/m1/s1. The molecule has 0 bridgehead atoms. The largest absolute Gasteiger partial charge is 0.396 e. The third-order valence-corrected chi connectivity index (χ3v) is 8.80. The molecule has 0 radical (unpaired) electrons. The first-order chi connectivity index (χ1) is 19.4. The van der Waals surface area contributed by atoms with Crippen molar-refractivity contribution < 1.29 is 9.90 Å². The molecule has 2 N–H and O–H groups in total. The highest BCUT2D eigenvalue weighted by Crippen LogP contribution is 2.47. The SMILES string of the molecule is O=C1NCc2c(-c3ccccc3Cl)cc(C3CN(Cc4ccccc4)C[C@@H]3CO)cc2N1c1c(Cl)cccc1Cl. The van der Waals surface area contributed by atoms with E-state index in [0.29, 0.717) is 33.0 Å². The average Bonchev–Trinajstić information content (AvgIpc) is 3.37. The maximum Gasteiger partial charge on any atom is 0.326 e. The predicted molar refractivity (Wildman–Crippen MR) is 163 cm³/mol. The van der Waals surface area contributed by atoms with Crippen LogP contribution in [0, 0.1) is 5.92 Å². The number of para-hydroxylation sites is 1. The van der Waals surface area contributed by atoms with Gasteiger partial charge < -0.3 is 10.4 Å². The van der Waals surface area contributed by atoms with Gasteiger partial charge in [-0.05, 0) is 41.0 Å². The summed E-state index contributed by atoms with van der Waals surface area (Å²) >= 11 is 20.0. The lowest BCUT2D eigenvalue weighted by Gasteiger charge is -2.34. The topological polar surface area (TPSA) is 55.8 Å². The van der Waals surface area contributed by atoms with Crippen molar-refractivity contribution in [1.29, 1.82) is 0 Å². The number of fused-ring (bicyclic) bond motifs is 1. The van der Waals surface area contributed by atoms with Gasteiger partial charge in [-0.15, -0.1) is 0 Å². The summed E-state index contributed by atoms with van der Waals surface area (Å²) in [6.07, 6.45) is 0. The van der Waals surface area contributed by atoms with Crippen molar-refractivity contribution in [1.82, 2.24) is 10.2 Å². The first kappa shape index (κ1) is 27.1. The Bertz CT molecular complexity index is 1540. The number of rotatable bonds is 6. The molecule has 2 heterocycles. The van der Waals surface area contributed by atoms with E-state index in [-0.39, 0.29) is 24.5 Å². The molecule has 6 rings (SSSR count). The van der Waals surface area contributed by atoms with Crippen LogP contribution in [0.3, 0.4) is 0 Å². The number of likely N-dealkylation sites (tertiary alicyclic amines) is 1. The van der Waals surface area contributed by atoms with E-state index in [9.17, 15) is 9.90 Å². The van der Waals surface area contributed by atoms with Crippen molar-refractivity contribution in [2.75, 3.05) is 24.6 Å². The van der Waals surface area contributed by atoms with Crippen LogP contribution < -0.4 is 10.2 Å². The van der Waals surface area contributed by atoms with Gasteiger partial charge in [-0.1, -0.05) is 95.5 Å². The predicted octanol–water partition coefficient (Wildman–Crippen LogP) is 7.88. The number of urea groups is 1. The molecule has 4 aromatic carbocycles. The lowest BCUT2D eigenvalue weighted by Crippen LogP contribution is -2.42. The molecule has 2 aliphatic heterocycles. The maximum absolute atomic E-state index is 13.4. The minimum absolute atomic E-state index is 0.0376. The van der Waals surface area contributed by atoms with Gasteiger partial charge in [0, 0.05) is 60.8 Å². The Morgan fingerprint density at radius 2 is 1.52 bits per heavy atom. The third kappa shape index (κ3) is 5.09. The van der Waals surface area contributed by atoms with E-state index in [1.165, 1.54) is 5.56 Å². The van der Waals surface area contributed by atoms with Crippen LogP contribution >= 0.6 is 34.8 Å². The van der Waals surface area contributed by atoms with Crippen LogP contribution in [0.15, 0.2) is 84.9 Å². The normalized spacial score (nSPS) is 19.0. The number of nitrogens with zero attached hydrogens (tertiary/aromatic N) is 2. The number of halogens is 3. The number of aliphatic hydroxyl groups is 1. The van der Waals surface area contributed by atoms with Crippen molar-refractivity contribution in [3.05, 3.63) is 117 Å². The Balaban J connectivity index is 1.50. The molecule has 8 heteroatoms. The molecule has 0 spiro atoms. The summed E-state index contributed by atoms with van der Waals surface area (Å²) in [5.74, 6) is 0.0874. The molecule has 204 valence electrons. The van der Waals surface area contributed by atoms with Crippen molar-refractivity contribution in [3.63, 3.8) is 0 Å². The summed E-state index contributed by atoms with van der Waals surface area (Å²) in [7, 11) is 0. The third-order valence-electron chi connectivity index (χ3n) is 7.86. The number of hydrogen-bond donors (Lipinski definition) is 2. The average molecular weight is 593 g/mol. The molecule has 0 aromatic heterocycles. The zero-order valence-electron chi connectivity index (χ0n) is 21.7. The maximum atomic E-state index is 13.4. The monoisotopic (exact) mass is 591 g/mol. The fourth-order valence-corrected chi connectivity index (χ4v) is 6.77. The van der Waals surface area contributed by atoms with Crippen LogP contribution in [-0.4, -0.2) is 35.7 Å². The number of amides is 2. The van der Waals surface area contributed by atoms with Crippen molar-refractivity contribution in [2.24, 2.45) is 5.92 Å². The van der Waals surface area contributed by atoms with Crippen molar-refractivity contribution in [2.45, 2.75) is 19.0 Å². The molecule has 1 unspecified atom stereocenters. The van der Waals surface area contributed by atoms with Crippen LogP contribution in [0.1, 0.15) is 22.6 Å². The van der Waals surface area contributed by atoms with Gasteiger partial charge >= 0.3 is 6.03 Å². The second kappa shape index (κ2) is 11.4. The van der Waals surface area contributed by atoms with Gasteiger partial charge in [-0.2, -0.15) is 0 Å². The summed E-state index contributed by atoms with van der Waals surface area (Å²) in [5.41, 5.74) is 6.15. The van der Waals surface area contributed by atoms with Gasteiger partial charge in [0.15, 0.2) is 0 Å². The number of hydrogen-bond acceptors (Lipinski definition) is 3. The number of anilines is 2. The summed E-state index contributed by atoms with van der Waals surface area (Å²) < 4.78 is 0. The molecule has 2 amide bonds. The molecule has 0 saturated carbocycles. The van der Waals surface area contributed by atoms with Gasteiger partial charge in [0.05, 0.1) is 21.4 Å². The second-order valence-electron chi connectivity index (χ2n) is 10.3.